The standard InChI is InChI=1S/C18H16N6O/c1-11-3-4-12(2)15(9-11)25-18-23-16(20)22-17(24-18)21-14-7-5-13(10-19)6-8-14/h3-9H,1-2H3,(H3,20,21,22,23,24). The van der Waals surface area contributed by atoms with Crippen LogP contribution in [-0.2, 0) is 0 Å². The van der Waals surface area contributed by atoms with E-state index in [0.29, 0.717) is 11.3 Å². The van der Waals surface area contributed by atoms with Gasteiger partial charge in [-0.25, -0.2) is 0 Å². The summed E-state index contributed by atoms with van der Waals surface area (Å²) in [6, 6.07) is 14.9. The molecule has 0 aliphatic carbocycles. The van der Waals surface area contributed by atoms with Crippen molar-refractivity contribution in [3.05, 3.63) is 59.2 Å². The highest BCUT2D eigenvalue weighted by Crippen LogP contribution is 2.25. The van der Waals surface area contributed by atoms with Crippen molar-refractivity contribution in [2.75, 3.05) is 11.1 Å². The Labute approximate surface area is 145 Å². The number of rotatable bonds is 4. The first-order valence-corrected chi connectivity index (χ1v) is 7.57. The average Bonchev–Trinajstić information content (AvgIpc) is 2.58. The van der Waals surface area contributed by atoms with Crippen molar-refractivity contribution < 1.29 is 4.74 Å². The van der Waals surface area contributed by atoms with Crippen molar-refractivity contribution in [2.24, 2.45) is 0 Å². The molecule has 2 aromatic carbocycles. The molecule has 0 fully saturated rings. The Morgan fingerprint density at radius 2 is 1.80 bits per heavy atom. The van der Waals surface area contributed by atoms with E-state index >= 15 is 0 Å². The summed E-state index contributed by atoms with van der Waals surface area (Å²) in [5, 5.41) is 11.9. The maximum Gasteiger partial charge on any atom is 0.328 e. The maximum atomic E-state index is 8.84. The van der Waals surface area contributed by atoms with E-state index in [1.54, 1.807) is 24.3 Å². The number of nitrogen functional groups attached to an aromatic ring is 1. The van der Waals surface area contributed by atoms with Gasteiger partial charge in [-0.05, 0) is 55.3 Å². The van der Waals surface area contributed by atoms with E-state index < -0.39 is 0 Å². The average molecular weight is 332 g/mol. The van der Waals surface area contributed by atoms with Gasteiger partial charge in [-0.15, -0.1) is 0 Å². The van der Waals surface area contributed by atoms with Crippen LogP contribution in [0, 0.1) is 25.2 Å². The smallest absolute Gasteiger partial charge is 0.328 e. The zero-order valence-corrected chi connectivity index (χ0v) is 13.8. The second-order valence-corrected chi connectivity index (χ2v) is 5.48. The molecule has 7 nitrogen and oxygen atoms in total. The molecule has 0 unspecified atom stereocenters. The fraction of sp³-hybridized carbons (Fsp3) is 0.111. The summed E-state index contributed by atoms with van der Waals surface area (Å²) < 4.78 is 5.76. The summed E-state index contributed by atoms with van der Waals surface area (Å²) in [5.74, 6) is 0.971. The maximum absolute atomic E-state index is 8.84. The second kappa shape index (κ2) is 6.84. The third kappa shape index (κ3) is 4.00. The molecule has 124 valence electrons. The van der Waals surface area contributed by atoms with Gasteiger partial charge in [0.2, 0.25) is 11.9 Å². The number of ether oxygens (including phenoxy) is 1. The molecule has 1 aromatic heterocycles. The molecule has 0 atom stereocenters. The van der Waals surface area contributed by atoms with Crippen molar-refractivity contribution in [3.8, 4) is 17.8 Å². The second-order valence-electron chi connectivity index (χ2n) is 5.48. The highest BCUT2D eigenvalue weighted by Gasteiger charge is 2.09. The fourth-order valence-electron chi connectivity index (χ4n) is 2.15. The Morgan fingerprint density at radius 3 is 2.52 bits per heavy atom. The molecule has 7 heteroatoms. The summed E-state index contributed by atoms with van der Waals surface area (Å²) >= 11 is 0. The van der Waals surface area contributed by atoms with Crippen molar-refractivity contribution in [1.82, 2.24) is 15.0 Å². The van der Waals surface area contributed by atoms with Crippen LogP contribution in [-0.4, -0.2) is 15.0 Å². The minimum absolute atomic E-state index is 0.0476. The van der Waals surface area contributed by atoms with Gasteiger partial charge in [-0.1, -0.05) is 12.1 Å². The molecule has 0 saturated carbocycles. The van der Waals surface area contributed by atoms with Crippen LogP contribution in [0.15, 0.2) is 42.5 Å². The molecule has 0 aliphatic heterocycles. The first-order valence-electron chi connectivity index (χ1n) is 7.57. The molecule has 3 N–H and O–H groups in total. The van der Waals surface area contributed by atoms with E-state index in [1.165, 1.54) is 0 Å². The molecule has 3 aromatic rings. The Bertz CT molecular complexity index is 947. The number of aryl methyl sites for hydroxylation is 2. The predicted octanol–water partition coefficient (Wildman–Crippen LogP) is 3.48. The zero-order chi connectivity index (χ0) is 17.8. The van der Waals surface area contributed by atoms with Crippen molar-refractivity contribution in [3.63, 3.8) is 0 Å². The number of hydrogen-bond acceptors (Lipinski definition) is 7. The Morgan fingerprint density at radius 1 is 1.04 bits per heavy atom. The third-order valence-corrected chi connectivity index (χ3v) is 3.45. The summed E-state index contributed by atoms with van der Waals surface area (Å²) in [6.07, 6.45) is 0. The summed E-state index contributed by atoms with van der Waals surface area (Å²) in [4.78, 5) is 12.3. The topological polar surface area (TPSA) is 110 Å². The van der Waals surface area contributed by atoms with E-state index in [9.17, 15) is 0 Å². The molecule has 0 saturated heterocycles. The van der Waals surface area contributed by atoms with Crippen molar-refractivity contribution in [1.29, 1.82) is 5.26 Å². The van der Waals surface area contributed by atoms with Gasteiger partial charge in [0, 0.05) is 5.69 Å². The van der Waals surface area contributed by atoms with Gasteiger partial charge in [0.25, 0.3) is 0 Å². The van der Waals surface area contributed by atoms with E-state index in [4.69, 9.17) is 15.7 Å². The first kappa shape index (κ1) is 16.2. The van der Waals surface area contributed by atoms with Crippen LogP contribution < -0.4 is 15.8 Å². The van der Waals surface area contributed by atoms with Crippen LogP contribution in [0.4, 0.5) is 17.6 Å². The van der Waals surface area contributed by atoms with E-state index in [0.717, 1.165) is 16.8 Å². The van der Waals surface area contributed by atoms with Crippen molar-refractivity contribution in [2.45, 2.75) is 13.8 Å². The van der Waals surface area contributed by atoms with Crippen LogP contribution in [0.1, 0.15) is 16.7 Å². The SMILES string of the molecule is Cc1ccc(C)c(Oc2nc(N)nc(Nc3ccc(C#N)cc3)n2)c1. The number of benzene rings is 2. The largest absolute Gasteiger partial charge is 0.424 e. The Balaban J connectivity index is 1.84. The van der Waals surface area contributed by atoms with Crippen LogP contribution in [0.5, 0.6) is 11.8 Å². The molecule has 0 bridgehead atoms. The number of nitrogens with zero attached hydrogens (tertiary/aromatic N) is 4. The Hall–Kier alpha value is -3.66. The van der Waals surface area contributed by atoms with Crippen LogP contribution in [0.25, 0.3) is 0 Å². The van der Waals surface area contributed by atoms with Crippen molar-refractivity contribution >= 4 is 17.6 Å². The van der Waals surface area contributed by atoms with Gasteiger partial charge >= 0.3 is 6.01 Å². The minimum atomic E-state index is 0.0476. The van der Waals surface area contributed by atoms with Gasteiger partial charge < -0.3 is 15.8 Å². The third-order valence-electron chi connectivity index (χ3n) is 3.45. The van der Waals surface area contributed by atoms with Gasteiger partial charge in [0.15, 0.2) is 0 Å². The normalized spacial score (nSPS) is 10.1. The van der Waals surface area contributed by atoms with E-state index in [-0.39, 0.29) is 17.9 Å². The number of anilines is 3. The molecule has 0 aliphatic rings. The lowest BCUT2D eigenvalue weighted by Crippen LogP contribution is -2.05. The monoisotopic (exact) mass is 332 g/mol. The summed E-state index contributed by atoms with van der Waals surface area (Å²) in [6.45, 7) is 3.92. The molecule has 0 radical (unpaired) electrons. The van der Waals surface area contributed by atoms with Crippen LogP contribution in [0.2, 0.25) is 0 Å². The highest BCUT2D eigenvalue weighted by molar-refractivity contribution is 5.55. The molecule has 0 spiro atoms. The lowest BCUT2D eigenvalue weighted by molar-refractivity contribution is 0.438. The molecular formula is C18H16N6O. The predicted molar refractivity (Wildman–Crippen MR) is 94.7 cm³/mol. The highest BCUT2D eigenvalue weighted by atomic mass is 16.5. The molecule has 1 heterocycles. The van der Waals surface area contributed by atoms with Crippen LogP contribution in [0.3, 0.4) is 0 Å². The zero-order valence-electron chi connectivity index (χ0n) is 13.8. The summed E-state index contributed by atoms with van der Waals surface area (Å²) in [5.41, 5.74) is 9.08. The minimum Gasteiger partial charge on any atom is -0.424 e. The Kier molecular flexibility index (Phi) is 4.44. The molecular weight excluding hydrogens is 316 g/mol. The number of nitriles is 1. The quantitative estimate of drug-likeness (QED) is 0.752. The molecule has 0 amide bonds. The fourth-order valence-corrected chi connectivity index (χ4v) is 2.15. The van der Waals surface area contributed by atoms with Gasteiger partial charge in [0.05, 0.1) is 11.6 Å². The number of hydrogen-bond donors (Lipinski definition) is 2. The van der Waals surface area contributed by atoms with E-state index in [1.807, 2.05) is 32.0 Å². The van der Waals surface area contributed by atoms with Gasteiger partial charge in [-0.3, -0.25) is 0 Å². The molecule has 25 heavy (non-hydrogen) atoms. The van der Waals surface area contributed by atoms with E-state index in [2.05, 4.69) is 26.3 Å². The number of aromatic nitrogens is 3. The summed E-state index contributed by atoms with van der Waals surface area (Å²) in [7, 11) is 0. The number of nitrogens with two attached hydrogens (primary N) is 1. The van der Waals surface area contributed by atoms with Gasteiger partial charge in [-0.2, -0.15) is 20.2 Å². The first-order chi connectivity index (χ1) is 12.0. The van der Waals surface area contributed by atoms with Crippen LogP contribution >= 0.6 is 0 Å². The van der Waals surface area contributed by atoms with Gasteiger partial charge in [0.1, 0.15) is 5.75 Å². The lowest BCUT2D eigenvalue weighted by atomic mass is 10.1. The number of nitrogens with one attached hydrogen (secondary N) is 1. The lowest BCUT2D eigenvalue weighted by Gasteiger charge is -2.10. The molecule has 3 rings (SSSR count).